The molecular weight excluding hydrogens is 91.0 g/mol. The molecule has 0 saturated heterocycles. The maximum atomic E-state index is 8.21. The third-order valence-electron chi connectivity index (χ3n) is 0.762. The lowest BCUT2D eigenvalue weighted by molar-refractivity contribution is 0.287. The Morgan fingerprint density at radius 1 is 1.33 bits per heavy atom. The Balaban J connectivity index is 2.34. The van der Waals surface area contributed by atoms with Gasteiger partial charge in [0.1, 0.15) is 0 Å². The maximum absolute atomic E-state index is 8.21. The molecule has 2 heteroatoms. The molecule has 0 aromatic heterocycles. The van der Waals surface area contributed by atoms with Crippen molar-refractivity contribution in [1.82, 2.24) is 0 Å². The van der Waals surface area contributed by atoms with Gasteiger partial charge in [-0.05, 0) is 6.42 Å². The Labute approximate surface area is 46.8 Å². The minimum Gasteiger partial charge on any atom is -0.396 e. The molecule has 0 fully saturated rings. The van der Waals surface area contributed by atoms with Gasteiger partial charge in [-0.3, -0.25) is 0 Å². The molecule has 0 spiro atoms. The van der Waals surface area contributed by atoms with Crippen LogP contribution >= 0.6 is 0 Å². The van der Waals surface area contributed by atoms with Gasteiger partial charge in [-0.1, -0.05) is 6.42 Å². The highest BCUT2D eigenvalue weighted by molar-refractivity contribution is 6.08. The predicted octanol–water partition coefficient (Wildman–Crippen LogP) is -0.190. The van der Waals surface area contributed by atoms with Crippen molar-refractivity contribution >= 4 is 16.3 Å². The number of unbranched alkanes of at least 4 members (excludes halogenated alkanes) is 1. The second-order valence-electron chi connectivity index (χ2n) is 1.43. The van der Waals surface area contributed by atoms with Crippen molar-refractivity contribution in [1.29, 1.82) is 0 Å². The Bertz CT molecular complexity index is 19.5. The number of rotatable bonds is 3. The molecule has 0 aromatic carbocycles. The van der Waals surface area contributed by atoms with E-state index in [2.05, 4.69) is 0 Å². The standard InChI is InChI=1S/C4H9O.Al.2H/c1-2-3-4-5;;;/h5H,1-4H2;;;. The molecule has 6 heavy (non-hydrogen) atoms. The van der Waals surface area contributed by atoms with Gasteiger partial charge in [-0.15, -0.1) is 5.28 Å². The van der Waals surface area contributed by atoms with Crippen LogP contribution in [0.15, 0.2) is 0 Å². The Hall–Kier alpha value is 0.492. The molecule has 0 heterocycles. The first-order valence-electron chi connectivity index (χ1n) is 2.52. The van der Waals surface area contributed by atoms with E-state index in [1.54, 1.807) is 0 Å². The third-order valence-corrected chi connectivity index (χ3v) is 1.47. The predicted molar refractivity (Wildman–Crippen MR) is 29.7 cm³/mol. The van der Waals surface area contributed by atoms with E-state index < -0.39 is 0 Å². The van der Waals surface area contributed by atoms with Crippen LogP contribution in [0.1, 0.15) is 12.8 Å². The average molecular weight is 102 g/mol. The minimum atomic E-state index is 0.377. The van der Waals surface area contributed by atoms with Crippen LogP contribution in [0.4, 0.5) is 0 Å². The molecule has 0 saturated carbocycles. The van der Waals surface area contributed by atoms with Crippen LogP contribution in [0.2, 0.25) is 5.28 Å². The average Bonchev–Trinajstić information content (AvgIpc) is 1.61. The van der Waals surface area contributed by atoms with Gasteiger partial charge in [-0.25, -0.2) is 0 Å². The van der Waals surface area contributed by atoms with E-state index in [-0.39, 0.29) is 0 Å². The summed E-state index contributed by atoms with van der Waals surface area (Å²) in [6.45, 7) is 0.377. The second-order valence-corrected chi connectivity index (χ2v) is 2.43. The van der Waals surface area contributed by atoms with Crippen molar-refractivity contribution in [2.45, 2.75) is 18.1 Å². The molecule has 36 valence electrons. The van der Waals surface area contributed by atoms with Crippen LogP contribution in [0.5, 0.6) is 0 Å². The minimum absolute atomic E-state index is 0.377. The first-order chi connectivity index (χ1) is 2.91. The molecule has 0 aliphatic rings. The smallest absolute Gasteiger partial charge is 0.211 e. The highest BCUT2D eigenvalue weighted by Crippen LogP contribution is 1.87. The van der Waals surface area contributed by atoms with E-state index in [0.29, 0.717) is 6.61 Å². The number of aliphatic hydroxyl groups excluding tert-OH is 1. The summed E-state index contributed by atoms with van der Waals surface area (Å²) < 4.78 is 0. The first-order valence-corrected chi connectivity index (χ1v) is 3.94. The molecule has 0 radical (unpaired) electrons. The second kappa shape index (κ2) is 5.49. The summed E-state index contributed by atoms with van der Waals surface area (Å²) in [6.07, 6.45) is 2.23. The molecular formula is C4H11AlO. The SMILES string of the molecule is OCCC[CH2][AlH2]. The summed E-state index contributed by atoms with van der Waals surface area (Å²) in [5, 5.41) is 9.55. The van der Waals surface area contributed by atoms with Gasteiger partial charge in [0.2, 0.25) is 16.3 Å². The topological polar surface area (TPSA) is 20.2 Å². The van der Waals surface area contributed by atoms with Crippen LogP contribution in [0, 0.1) is 0 Å². The highest BCUT2D eigenvalue weighted by atomic mass is 27.0. The van der Waals surface area contributed by atoms with Crippen LogP contribution < -0.4 is 0 Å². The Morgan fingerprint density at radius 3 is 2.17 bits per heavy atom. The number of aliphatic hydroxyl groups is 1. The first kappa shape index (κ1) is 6.49. The van der Waals surface area contributed by atoms with E-state index in [1.165, 1.54) is 28.0 Å². The van der Waals surface area contributed by atoms with Crippen molar-refractivity contribution in [3.8, 4) is 0 Å². The van der Waals surface area contributed by atoms with Gasteiger partial charge in [0.15, 0.2) is 0 Å². The molecule has 1 N–H and O–H groups in total. The van der Waals surface area contributed by atoms with Gasteiger partial charge in [0.25, 0.3) is 0 Å². The van der Waals surface area contributed by atoms with Gasteiger partial charge in [0.05, 0.1) is 0 Å². The molecule has 0 aliphatic heterocycles. The zero-order chi connectivity index (χ0) is 4.83. The lowest BCUT2D eigenvalue weighted by atomic mass is 10.4. The fourth-order valence-electron chi connectivity index (χ4n) is 0.362. The summed E-state index contributed by atoms with van der Waals surface area (Å²) in [5.74, 6) is 0. The normalized spacial score (nSPS) is 8.83. The van der Waals surface area contributed by atoms with E-state index in [0.717, 1.165) is 6.42 Å². The summed E-state index contributed by atoms with van der Waals surface area (Å²) in [4.78, 5) is 0. The van der Waals surface area contributed by atoms with Gasteiger partial charge in [-0.2, -0.15) is 0 Å². The van der Waals surface area contributed by atoms with E-state index in [9.17, 15) is 0 Å². The summed E-state index contributed by atoms with van der Waals surface area (Å²) >= 11 is 1.29. The van der Waals surface area contributed by atoms with Crippen molar-refractivity contribution in [3.63, 3.8) is 0 Å². The molecule has 0 amide bonds. The molecule has 0 bridgehead atoms. The maximum Gasteiger partial charge on any atom is 0.211 e. The van der Waals surface area contributed by atoms with Crippen molar-refractivity contribution in [2.24, 2.45) is 0 Å². The summed E-state index contributed by atoms with van der Waals surface area (Å²) in [5.41, 5.74) is 0. The van der Waals surface area contributed by atoms with E-state index in [1.807, 2.05) is 0 Å². The van der Waals surface area contributed by atoms with Gasteiger partial charge < -0.3 is 5.11 Å². The number of hydrogen-bond donors (Lipinski definition) is 1. The van der Waals surface area contributed by atoms with Crippen LogP contribution in [-0.4, -0.2) is 28.0 Å². The summed E-state index contributed by atoms with van der Waals surface area (Å²) in [6, 6.07) is 0. The van der Waals surface area contributed by atoms with Gasteiger partial charge >= 0.3 is 0 Å². The fourth-order valence-corrected chi connectivity index (χ4v) is 0.862. The summed E-state index contributed by atoms with van der Waals surface area (Å²) in [7, 11) is 0. The molecule has 0 atom stereocenters. The third kappa shape index (κ3) is 4.49. The largest absolute Gasteiger partial charge is 0.396 e. The van der Waals surface area contributed by atoms with Crippen molar-refractivity contribution < 1.29 is 5.11 Å². The quantitative estimate of drug-likeness (QED) is 0.387. The molecule has 0 rings (SSSR count). The fraction of sp³-hybridized carbons (Fsp3) is 1.00. The molecule has 0 aromatic rings. The van der Waals surface area contributed by atoms with Crippen molar-refractivity contribution in [2.75, 3.05) is 6.61 Å². The van der Waals surface area contributed by atoms with Gasteiger partial charge in [0, 0.05) is 6.61 Å². The number of hydrogen-bond acceptors (Lipinski definition) is 1. The van der Waals surface area contributed by atoms with Crippen LogP contribution in [0.25, 0.3) is 0 Å². The van der Waals surface area contributed by atoms with Crippen LogP contribution in [-0.2, 0) is 0 Å². The lowest BCUT2D eigenvalue weighted by Gasteiger charge is -1.85. The Morgan fingerprint density at radius 2 is 2.00 bits per heavy atom. The zero-order valence-electron chi connectivity index (χ0n) is 4.28. The monoisotopic (exact) mass is 102 g/mol. The van der Waals surface area contributed by atoms with Crippen molar-refractivity contribution in [3.05, 3.63) is 0 Å². The lowest BCUT2D eigenvalue weighted by Crippen LogP contribution is -1.79. The van der Waals surface area contributed by atoms with Crippen LogP contribution in [0.3, 0.4) is 0 Å². The van der Waals surface area contributed by atoms with E-state index in [4.69, 9.17) is 5.11 Å². The molecule has 0 aliphatic carbocycles. The Kier molecular flexibility index (Phi) is 5.94. The molecule has 1 nitrogen and oxygen atoms in total. The molecule has 0 unspecified atom stereocenters. The van der Waals surface area contributed by atoms with E-state index >= 15 is 0 Å². The highest BCUT2D eigenvalue weighted by Gasteiger charge is 1.76. The zero-order valence-corrected chi connectivity index (χ0v) is 6.28.